The summed E-state index contributed by atoms with van der Waals surface area (Å²) < 4.78 is 19.4. The lowest BCUT2D eigenvalue weighted by atomic mass is 9.82. The number of hydrogen-bond donors (Lipinski definition) is 1. The zero-order chi connectivity index (χ0) is 23.7. The maximum Gasteiger partial charge on any atom is 0.498 e. The van der Waals surface area contributed by atoms with Crippen LogP contribution in [0.25, 0.3) is 0 Å². The topological polar surface area (TPSA) is 94.9 Å². The van der Waals surface area contributed by atoms with Crippen LogP contribution < -0.4 is 10.8 Å². The zero-order valence-electron chi connectivity index (χ0n) is 20.4. The van der Waals surface area contributed by atoms with Crippen LogP contribution in [0.2, 0.25) is 0 Å². The lowest BCUT2D eigenvalue weighted by Crippen LogP contribution is -2.41. The third-order valence-electron chi connectivity index (χ3n) is 6.35. The van der Waals surface area contributed by atoms with Crippen molar-refractivity contribution in [3.8, 4) is 0 Å². The van der Waals surface area contributed by atoms with Gasteiger partial charge >= 0.3 is 13.2 Å². The predicted molar refractivity (Wildman–Crippen MR) is 122 cm³/mol. The SMILES string of the molecule is CC(C)(C)OC(=O)NCCC(=O)N1CCC(n2cc(B3OC(C)(C)C(C)(C)O3)cn2)CC1. The number of rotatable bonds is 5. The van der Waals surface area contributed by atoms with Gasteiger partial charge in [-0.2, -0.15) is 5.10 Å². The van der Waals surface area contributed by atoms with Crippen LogP contribution in [0.1, 0.15) is 73.8 Å². The molecule has 0 unspecified atom stereocenters. The van der Waals surface area contributed by atoms with Crippen LogP contribution in [0.15, 0.2) is 12.4 Å². The molecule has 0 spiro atoms. The van der Waals surface area contributed by atoms with E-state index in [1.165, 1.54) is 0 Å². The highest BCUT2D eigenvalue weighted by atomic mass is 16.7. The van der Waals surface area contributed by atoms with Crippen molar-refractivity contribution in [2.75, 3.05) is 19.6 Å². The summed E-state index contributed by atoms with van der Waals surface area (Å²) >= 11 is 0. The third-order valence-corrected chi connectivity index (χ3v) is 6.35. The first-order valence-electron chi connectivity index (χ1n) is 11.4. The highest BCUT2D eigenvalue weighted by molar-refractivity contribution is 6.62. The summed E-state index contributed by atoms with van der Waals surface area (Å²) in [6, 6.07) is 0.232. The van der Waals surface area contributed by atoms with Gasteiger partial charge in [-0.15, -0.1) is 0 Å². The maximum absolute atomic E-state index is 12.5. The first kappa shape index (κ1) is 24.6. The minimum absolute atomic E-state index is 0.0397. The molecule has 3 heterocycles. The van der Waals surface area contributed by atoms with Crippen molar-refractivity contribution in [3.05, 3.63) is 12.4 Å². The van der Waals surface area contributed by atoms with Gasteiger partial charge in [0.2, 0.25) is 5.91 Å². The van der Waals surface area contributed by atoms with Crippen molar-refractivity contribution in [1.82, 2.24) is 20.0 Å². The van der Waals surface area contributed by atoms with Crippen molar-refractivity contribution < 1.29 is 23.6 Å². The number of carbonyl (C=O) groups is 2. The molecular formula is C22H37BN4O5. The van der Waals surface area contributed by atoms with E-state index in [-0.39, 0.29) is 36.1 Å². The average Bonchev–Trinajstić information content (AvgIpc) is 3.23. The van der Waals surface area contributed by atoms with Crippen molar-refractivity contribution >= 4 is 24.6 Å². The molecule has 1 aromatic rings. The van der Waals surface area contributed by atoms with Gasteiger partial charge in [-0.25, -0.2) is 4.79 Å². The minimum Gasteiger partial charge on any atom is -0.444 e. The number of carbonyl (C=O) groups excluding carboxylic acids is 2. The second-order valence-corrected chi connectivity index (χ2v) is 10.6. The largest absolute Gasteiger partial charge is 0.498 e. The monoisotopic (exact) mass is 448 g/mol. The Labute approximate surface area is 191 Å². The van der Waals surface area contributed by atoms with Gasteiger partial charge in [-0.1, -0.05) is 0 Å². The molecule has 1 N–H and O–H groups in total. The van der Waals surface area contributed by atoms with Crippen molar-refractivity contribution in [2.45, 2.75) is 90.6 Å². The fourth-order valence-electron chi connectivity index (χ4n) is 3.78. The van der Waals surface area contributed by atoms with E-state index < -0.39 is 18.8 Å². The zero-order valence-corrected chi connectivity index (χ0v) is 20.4. The molecule has 1 aromatic heterocycles. The number of likely N-dealkylation sites (tertiary alicyclic amines) is 1. The highest BCUT2D eigenvalue weighted by Gasteiger charge is 2.52. The third kappa shape index (κ3) is 5.83. The molecule has 2 fully saturated rings. The first-order chi connectivity index (χ1) is 14.8. The Balaban J connectivity index is 1.44. The van der Waals surface area contributed by atoms with E-state index in [1.807, 2.05) is 49.7 Å². The van der Waals surface area contributed by atoms with E-state index in [2.05, 4.69) is 10.4 Å². The quantitative estimate of drug-likeness (QED) is 0.695. The molecule has 0 atom stereocenters. The fourth-order valence-corrected chi connectivity index (χ4v) is 3.78. The van der Waals surface area contributed by atoms with Crippen molar-refractivity contribution in [3.63, 3.8) is 0 Å². The number of ether oxygens (including phenoxy) is 1. The Hall–Kier alpha value is -2.07. The lowest BCUT2D eigenvalue weighted by molar-refractivity contribution is -0.132. The lowest BCUT2D eigenvalue weighted by Gasteiger charge is -2.32. The van der Waals surface area contributed by atoms with E-state index in [0.717, 1.165) is 18.3 Å². The summed E-state index contributed by atoms with van der Waals surface area (Å²) in [6.07, 6.45) is 5.22. The molecule has 0 aliphatic carbocycles. The molecule has 9 nitrogen and oxygen atoms in total. The summed E-state index contributed by atoms with van der Waals surface area (Å²) in [5, 5.41) is 7.18. The van der Waals surface area contributed by atoms with Gasteiger partial charge in [0.25, 0.3) is 0 Å². The number of aromatic nitrogens is 2. The van der Waals surface area contributed by atoms with Gasteiger partial charge in [0.15, 0.2) is 0 Å². The van der Waals surface area contributed by atoms with E-state index in [0.29, 0.717) is 13.1 Å². The Morgan fingerprint density at radius 2 is 1.78 bits per heavy atom. The second kappa shape index (κ2) is 9.06. The van der Waals surface area contributed by atoms with Gasteiger partial charge in [0.05, 0.1) is 17.2 Å². The van der Waals surface area contributed by atoms with Gasteiger partial charge in [0, 0.05) is 43.9 Å². The maximum atomic E-state index is 12.5. The number of nitrogens with one attached hydrogen (secondary N) is 1. The smallest absolute Gasteiger partial charge is 0.444 e. The minimum atomic E-state index is -0.551. The van der Waals surface area contributed by atoms with Crippen LogP contribution in [0, 0.1) is 0 Å². The second-order valence-electron chi connectivity index (χ2n) is 10.6. The molecule has 2 amide bonds. The van der Waals surface area contributed by atoms with E-state index in [1.54, 1.807) is 20.8 Å². The Kier molecular flexibility index (Phi) is 6.95. The van der Waals surface area contributed by atoms with Gasteiger partial charge < -0.3 is 24.3 Å². The predicted octanol–water partition coefficient (Wildman–Crippen LogP) is 2.26. The molecule has 0 bridgehead atoms. The molecule has 0 saturated carbocycles. The summed E-state index contributed by atoms with van der Waals surface area (Å²) in [5.41, 5.74) is -0.409. The number of amides is 2. The van der Waals surface area contributed by atoms with Crippen molar-refractivity contribution in [1.29, 1.82) is 0 Å². The molecular weight excluding hydrogens is 411 g/mol. The number of nitrogens with zero attached hydrogens (tertiary/aromatic N) is 3. The van der Waals surface area contributed by atoms with Crippen LogP contribution in [-0.2, 0) is 18.8 Å². The van der Waals surface area contributed by atoms with Gasteiger partial charge in [-0.05, 0) is 61.3 Å². The molecule has 2 aliphatic rings. The summed E-state index contributed by atoms with van der Waals surface area (Å²) in [6.45, 7) is 15.2. The van der Waals surface area contributed by atoms with Gasteiger partial charge in [0.1, 0.15) is 5.60 Å². The molecule has 178 valence electrons. The van der Waals surface area contributed by atoms with Crippen LogP contribution in [0.5, 0.6) is 0 Å². The van der Waals surface area contributed by atoms with Crippen molar-refractivity contribution in [2.24, 2.45) is 0 Å². The van der Waals surface area contributed by atoms with E-state index >= 15 is 0 Å². The first-order valence-corrected chi connectivity index (χ1v) is 11.4. The van der Waals surface area contributed by atoms with Crippen LogP contribution in [0.3, 0.4) is 0 Å². The van der Waals surface area contributed by atoms with Crippen LogP contribution >= 0.6 is 0 Å². The highest BCUT2D eigenvalue weighted by Crippen LogP contribution is 2.36. The summed E-state index contributed by atoms with van der Waals surface area (Å²) in [4.78, 5) is 26.0. The van der Waals surface area contributed by atoms with Gasteiger partial charge in [-0.3, -0.25) is 9.48 Å². The molecule has 10 heteroatoms. The number of alkyl carbamates (subject to hydrolysis) is 1. The molecule has 2 saturated heterocycles. The molecule has 0 aromatic carbocycles. The Bertz CT molecular complexity index is 809. The van der Waals surface area contributed by atoms with E-state index in [4.69, 9.17) is 14.0 Å². The Morgan fingerprint density at radius 1 is 1.19 bits per heavy atom. The Morgan fingerprint density at radius 3 is 2.34 bits per heavy atom. The molecule has 3 rings (SSSR count). The summed E-state index contributed by atoms with van der Waals surface area (Å²) in [5.74, 6) is 0.0397. The molecule has 2 aliphatic heterocycles. The molecule has 0 radical (unpaired) electrons. The summed E-state index contributed by atoms with van der Waals surface area (Å²) in [7, 11) is -0.423. The van der Waals surface area contributed by atoms with E-state index in [9.17, 15) is 9.59 Å². The van der Waals surface area contributed by atoms with Crippen LogP contribution in [-0.4, -0.2) is 70.2 Å². The average molecular weight is 448 g/mol. The molecule has 32 heavy (non-hydrogen) atoms. The van der Waals surface area contributed by atoms with Crippen LogP contribution in [0.4, 0.5) is 4.79 Å². The standard InChI is InChI=1S/C22H37BN4O5/c1-20(2,3)30-19(29)24-11-8-18(28)26-12-9-17(10-13-26)27-15-16(14-25-27)23-31-21(4,5)22(6,7)32-23/h14-15,17H,8-13H2,1-7H3,(H,24,29). The fraction of sp³-hybridized carbons (Fsp3) is 0.773. The number of hydrogen-bond acceptors (Lipinski definition) is 6. The number of piperidine rings is 1. The normalized spacial score (nSPS) is 21.0.